The van der Waals surface area contributed by atoms with Crippen LogP contribution < -0.4 is 10.6 Å². The number of amides is 1. The van der Waals surface area contributed by atoms with Crippen molar-refractivity contribution >= 4 is 6.09 Å². The quantitative estimate of drug-likeness (QED) is 0.798. The van der Waals surface area contributed by atoms with E-state index >= 15 is 0 Å². The molecule has 1 atom stereocenters. The van der Waals surface area contributed by atoms with Crippen molar-refractivity contribution in [3.05, 3.63) is 0 Å². The van der Waals surface area contributed by atoms with Gasteiger partial charge in [-0.25, -0.2) is 4.79 Å². The summed E-state index contributed by atoms with van der Waals surface area (Å²) in [5.74, 6) is 0. The van der Waals surface area contributed by atoms with Crippen LogP contribution in [0.1, 0.15) is 47.0 Å². The van der Waals surface area contributed by atoms with E-state index in [0.29, 0.717) is 6.54 Å². The molecule has 0 bridgehead atoms. The number of piperidine rings is 1. The van der Waals surface area contributed by atoms with E-state index in [-0.39, 0.29) is 11.5 Å². The van der Waals surface area contributed by atoms with Crippen LogP contribution in [0.25, 0.3) is 0 Å². The van der Waals surface area contributed by atoms with Crippen molar-refractivity contribution in [1.82, 2.24) is 10.6 Å². The van der Waals surface area contributed by atoms with Gasteiger partial charge in [0, 0.05) is 18.5 Å². The van der Waals surface area contributed by atoms with E-state index in [1.807, 2.05) is 20.8 Å². The molecule has 1 heterocycles. The molecule has 1 fully saturated rings. The normalized spacial score (nSPS) is 25.4. The molecule has 2 N–H and O–H groups in total. The maximum Gasteiger partial charge on any atom is 0.407 e. The molecule has 17 heavy (non-hydrogen) atoms. The first-order valence-corrected chi connectivity index (χ1v) is 6.54. The summed E-state index contributed by atoms with van der Waals surface area (Å²) in [6, 6.07) is 0. The molecule has 0 radical (unpaired) electrons. The molecule has 4 nitrogen and oxygen atoms in total. The number of rotatable bonds is 3. The fourth-order valence-corrected chi connectivity index (χ4v) is 2.18. The first-order valence-electron chi connectivity index (χ1n) is 6.54. The molecular weight excluding hydrogens is 216 g/mol. The molecule has 100 valence electrons. The Morgan fingerprint density at radius 3 is 2.65 bits per heavy atom. The fraction of sp³-hybridized carbons (Fsp3) is 0.923. The molecule has 1 aliphatic heterocycles. The minimum atomic E-state index is -0.422. The highest BCUT2D eigenvalue weighted by atomic mass is 16.6. The summed E-state index contributed by atoms with van der Waals surface area (Å²) in [5, 5.41) is 6.31. The zero-order chi connectivity index (χ0) is 12.9. The standard InChI is InChI=1S/C13H26N2O2/c1-5-13(7-6-8-14-9-13)10-15-11(16)17-12(2,3)4/h14H,5-10H2,1-4H3,(H,15,16). The van der Waals surface area contributed by atoms with Crippen molar-refractivity contribution in [2.45, 2.75) is 52.6 Å². The Labute approximate surface area is 104 Å². The SMILES string of the molecule is CCC1(CNC(=O)OC(C)(C)C)CCCNC1. The van der Waals surface area contributed by atoms with Gasteiger partial charge in [-0.2, -0.15) is 0 Å². The van der Waals surface area contributed by atoms with Crippen LogP contribution in [0.15, 0.2) is 0 Å². The van der Waals surface area contributed by atoms with Gasteiger partial charge in [0.1, 0.15) is 5.60 Å². The van der Waals surface area contributed by atoms with Gasteiger partial charge in [0.15, 0.2) is 0 Å². The zero-order valence-corrected chi connectivity index (χ0v) is 11.6. The zero-order valence-electron chi connectivity index (χ0n) is 11.6. The number of ether oxygens (including phenoxy) is 1. The Bertz CT molecular complexity index is 253. The molecular formula is C13H26N2O2. The molecule has 1 unspecified atom stereocenters. The largest absolute Gasteiger partial charge is 0.444 e. The molecule has 0 spiro atoms. The maximum absolute atomic E-state index is 11.6. The van der Waals surface area contributed by atoms with Crippen LogP contribution in [-0.2, 0) is 4.74 Å². The Kier molecular flexibility index (Phi) is 4.80. The Balaban J connectivity index is 2.39. The van der Waals surface area contributed by atoms with Gasteiger partial charge in [0.2, 0.25) is 0 Å². The fourth-order valence-electron chi connectivity index (χ4n) is 2.18. The van der Waals surface area contributed by atoms with Gasteiger partial charge in [0.25, 0.3) is 0 Å². The van der Waals surface area contributed by atoms with E-state index in [2.05, 4.69) is 17.6 Å². The molecule has 0 aromatic carbocycles. The number of carbonyl (C=O) groups excluding carboxylic acids is 1. The molecule has 0 aliphatic carbocycles. The summed E-state index contributed by atoms with van der Waals surface area (Å²) < 4.78 is 5.25. The van der Waals surface area contributed by atoms with Crippen LogP contribution in [0.3, 0.4) is 0 Å². The van der Waals surface area contributed by atoms with Gasteiger partial charge >= 0.3 is 6.09 Å². The molecule has 0 aromatic rings. The molecule has 1 aliphatic rings. The highest BCUT2D eigenvalue weighted by molar-refractivity contribution is 5.67. The summed E-state index contributed by atoms with van der Waals surface area (Å²) in [5.41, 5.74) is -0.219. The molecule has 4 heteroatoms. The topological polar surface area (TPSA) is 50.4 Å². The van der Waals surface area contributed by atoms with Gasteiger partial charge in [-0.05, 0) is 46.6 Å². The van der Waals surface area contributed by atoms with Crippen molar-refractivity contribution in [3.8, 4) is 0 Å². The van der Waals surface area contributed by atoms with E-state index in [1.54, 1.807) is 0 Å². The number of alkyl carbamates (subject to hydrolysis) is 1. The second-order valence-electron chi connectivity index (χ2n) is 5.99. The summed E-state index contributed by atoms with van der Waals surface area (Å²) >= 11 is 0. The Morgan fingerprint density at radius 1 is 1.47 bits per heavy atom. The predicted octanol–water partition coefficient (Wildman–Crippen LogP) is 2.29. The third-order valence-corrected chi connectivity index (χ3v) is 3.32. The number of carbonyl (C=O) groups is 1. The van der Waals surface area contributed by atoms with Crippen LogP contribution in [0.5, 0.6) is 0 Å². The average Bonchev–Trinajstić information content (AvgIpc) is 2.25. The molecule has 1 amide bonds. The highest BCUT2D eigenvalue weighted by Gasteiger charge is 2.31. The monoisotopic (exact) mass is 242 g/mol. The lowest BCUT2D eigenvalue weighted by Gasteiger charge is -2.37. The van der Waals surface area contributed by atoms with Crippen molar-refractivity contribution in [3.63, 3.8) is 0 Å². The third-order valence-electron chi connectivity index (χ3n) is 3.32. The van der Waals surface area contributed by atoms with E-state index in [9.17, 15) is 4.79 Å². The summed E-state index contributed by atoms with van der Waals surface area (Å²) in [4.78, 5) is 11.6. The first-order chi connectivity index (χ1) is 7.87. The van der Waals surface area contributed by atoms with Gasteiger partial charge in [-0.1, -0.05) is 6.92 Å². The molecule has 0 saturated carbocycles. The lowest BCUT2D eigenvalue weighted by Crippen LogP contribution is -2.48. The van der Waals surface area contributed by atoms with Crippen molar-refractivity contribution in [2.75, 3.05) is 19.6 Å². The van der Waals surface area contributed by atoms with Crippen LogP contribution in [0.2, 0.25) is 0 Å². The van der Waals surface area contributed by atoms with Crippen LogP contribution in [0, 0.1) is 5.41 Å². The van der Waals surface area contributed by atoms with Crippen LogP contribution >= 0.6 is 0 Å². The van der Waals surface area contributed by atoms with Crippen molar-refractivity contribution < 1.29 is 9.53 Å². The minimum absolute atomic E-state index is 0.204. The number of hydrogen-bond acceptors (Lipinski definition) is 3. The molecule has 0 aromatic heterocycles. The minimum Gasteiger partial charge on any atom is -0.444 e. The summed E-state index contributed by atoms with van der Waals surface area (Å²) in [7, 11) is 0. The predicted molar refractivity (Wildman–Crippen MR) is 69.1 cm³/mol. The Hall–Kier alpha value is -0.770. The van der Waals surface area contributed by atoms with E-state index < -0.39 is 5.60 Å². The van der Waals surface area contributed by atoms with Crippen molar-refractivity contribution in [2.24, 2.45) is 5.41 Å². The number of nitrogens with one attached hydrogen (secondary N) is 2. The second kappa shape index (κ2) is 5.71. The number of hydrogen-bond donors (Lipinski definition) is 2. The van der Waals surface area contributed by atoms with E-state index in [0.717, 1.165) is 19.5 Å². The van der Waals surface area contributed by atoms with Gasteiger partial charge < -0.3 is 15.4 Å². The van der Waals surface area contributed by atoms with E-state index in [4.69, 9.17) is 4.74 Å². The van der Waals surface area contributed by atoms with Gasteiger partial charge in [0.05, 0.1) is 0 Å². The smallest absolute Gasteiger partial charge is 0.407 e. The molecule has 1 saturated heterocycles. The summed E-state index contributed by atoms with van der Waals surface area (Å²) in [6.07, 6.45) is 3.13. The Morgan fingerprint density at radius 2 is 2.18 bits per heavy atom. The lowest BCUT2D eigenvalue weighted by atomic mass is 9.78. The third kappa shape index (κ3) is 4.94. The van der Waals surface area contributed by atoms with Gasteiger partial charge in [-0.15, -0.1) is 0 Å². The summed E-state index contributed by atoms with van der Waals surface area (Å²) in [6.45, 7) is 10.6. The molecule has 1 rings (SSSR count). The second-order valence-corrected chi connectivity index (χ2v) is 5.99. The average molecular weight is 242 g/mol. The van der Waals surface area contributed by atoms with Gasteiger partial charge in [-0.3, -0.25) is 0 Å². The van der Waals surface area contributed by atoms with Crippen molar-refractivity contribution in [1.29, 1.82) is 0 Å². The maximum atomic E-state index is 11.6. The lowest BCUT2D eigenvalue weighted by molar-refractivity contribution is 0.0487. The van der Waals surface area contributed by atoms with Crippen LogP contribution in [-0.4, -0.2) is 31.3 Å². The van der Waals surface area contributed by atoms with Crippen LogP contribution in [0.4, 0.5) is 4.79 Å². The highest BCUT2D eigenvalue weighted by Crippen LogP contribution is 2.29. The van der Waals surface area contributed by atoms with E-state index in [1.165, 1.54) is 12.8 Å². The first kappa shape index (κ1) is 14.3.